The number of hydrogen-bond donors (Lipinski definition) is 7. The van der Waals surface area contributed by atoms with Crippen LogP contribution in [0.3, 0.4) is 0 Å². The fourth-order valence-corrected chi connectivity index (χ4v) is 13.7. The average molecular weight is 1360 g/mol. The van der Waals surface area contributed by atoms with Crippen molar-refractivity contribution in [3.63, 3.8) is 0 Å². The van der Waals surface area contributed by atoms with Gasteiger partial charge in [0.05, 0.1) is 55.0 Å². The van der Waals surface area contributed by atoms with E-state index in [1.807, 2.05) is 127 Å². The summed E-state index contributed by atoms with van der Waals surface area (Å²) in [6.45, 7) is 17.0. The van der Waals surface area contributed by atoms with E-state index in [2.05, 4.69) is 110 Å². The number of ether oxygens (including phenoxy) is 2. The van der Waals surface area contributed by atoms with E-state index in [0.717, 1.165) is 108 Å². The van der Waals surface area contributed by atoms with Crippen LogP contribution in [0.15, 0.2) is 200 Å². The smallest absolute Gasteiger partial charge is 0.151 e. The molecule has 16 nitrogen and oxygen atoms in total. The highest BCUT2D eigenvalue weighted by Gasteiger charge is 2.31. The Morgan fingerprint density at radius 1 is 0.376 bits per heavy atom. The highest BCUT2D eigenvalue weighted by molar-refractivity contribution is 5.86. The lowest BCUT2D eigenvalue weighted by atomic mass is 9.92. The van der Waals surface area contributed by atoms with Crippen molar-refractivity contribution in [3.05, 3.63) is 256 Å². The van der Waals surface area contributed by atoms with E-state index in [0.29, 0.717) is 12.6 Å². The summed E-state index contributed by atoms with van der Waals surface area (Å²) in [6, 6.07) is 67.9. The quantitative estimate of drug-likeness (QED) is 0.0570. The highest BCUT2D eigenvalue weighted by atomic mass is 16.5. The second-order valence-electron chi connectivity index (χ2n) is 27.1. The Labute approximate surface area is 596 Å². The number of hydrogen-bond acceptors (Lipinski definition) is 16. The van der Waals surface area contributed by atoms with Gasteiger partial charge in [0.25, 0.3) is 0 Å². The second kappa shape index (κ2) is 38.8. The van der Waals surface area contributed by atoms with Crippen molar-refractivity contribution < 1.29 is 43.0 Å². The van der Waals surface area contributed by atoms with Gasteiger partial charge >= 0.3 is 0 Å². The predicted octanol–water partition coefficient (Wildman–Crippen LogP) is 11.6. The minimum atomic E-state index is -0.0788. The Morgan fingerprint density at radius 2 is 0.802 bits per heavy atom. The third-order valence-corrected chi connectivity index (χ3v) is 19.5. The fraction of sp³-hybridized carbons (Fsp3) is 0.376. The van der Waals surface area contributed by atoms with Gasteiger partial charge in [0.15, 0.2) is 11.6 Å². The summed E-state index contributed by atoms with van der Waals surface area (Å²) in [7, 11) is 0. The average Bonchev–Trinajstić information content (AvgIpc) is 1.70. The summed E-state index contributed by atoms with van der Waals surface area (Å²) in [5, 5.41) is 25.0. The summed E-state index contributed by atoms with van der Waals surface area (Å²) in [6.07, 6.45) is 7.55. The van der Waals surface area contributed by atoms with E-state index in [4.69, 9.17) is 9.47 Å². The number of benzene rings is 8. The zero-order valence-electron chi connectivity index (χ0n) is 59.6. The maximum Gasteiger partial charge on any atom is 0.151 e. The van der Waals surface area contributed by atoms with Crippen LogP contribution < -0.4 is 42.0 Å². The number of fused-ring (bicyclic) bond motifs is 5. The van der Waals surface area contributed by atoms with Crippen LogP contribution in [0.25, 0.3) is 10.8 Å². The zero-order chi connectivity index (χ0) is 71.6. The lowest BCUT2D eigenvalue weighted by Crippen LogP contribution is -2.40. The van der Waals surface area contributed by atoms with Crippen LogP contribution in [0.4, 0.5) is 0 Å². The normalized spacial score (nSPS) is 22.5. The van der Waals surface area contributed by atoms with Crippen molar-refractivity contribution >= 4 is 51.3 Å². The van der Waals surface area contributed by atoms with Crippen LogP contribution in [0.5, 0.6) is 5.75 Å². The molecule has 0 bridgehead atoms. The molecule has 7 aliphatic rings. The Hall–Kier alpha value is -8.81. The SMILES string of the molecule is CC(=O)C1NCCc2ccccc21.CC(=O)[C@@H]1CC[C@H](c2ccccc2)N1.CC(=O)[C@@H]1C[C@@H](OCc2ccccc2)CN1.CC(=O)[C@@H]1C[C@H](Oc2ccc3ccccc3c2)CN1.CC(=O)[C@@H]1Cc2ccccc2CN1.CC(=O)[C@H]1Cc2ccccc2CN1.CC(=O)[C@H]1NCCc2ccccc21. The molecule has 16 heteroatoms. The van der Waals surface area contributed by atoms with E-state index in [1.165, 1.54) is 55.3 Å². The Bertz CT molecular complexity index is 3920. The van der Waals surface area contributed by atoms with Gasteiger partial charge < -0.3 is 46.7 Å². The van der Waals surface area contributed by atoms with Gasteiger partial charge in [0.1, 0.15) is 40.8 Å². The summed E-state index contributed by atoms with van der Waals surface area (Å²) in [5.41, 5.74) is 12.6. The van der Waals surface area contributed by atoms with E-state index in [9.17, 15) is 33.6 Å². The standard InChI is InChI=1S/C16H17NO2.C13H17NO2.C12H15NO.4C11H13NO/c1-11(18)16-9-15(10-17-16)19-14-7-6-12-4-2-3-5-13(12)8-14;1-10(15)13-7-12(8-14-13)16-9-11-5-3-2-4-6-11;1-9(14)11-7-8-12(13-11)10-5-3-2-4-6-10;2*1-8(13)11-6-9-4-2-3-5-10(9)7-12-11;2*1-8(13)11-10-5-3-2-4-9(10)6-7-12-11/h2-8,15-17H,9-10H2,1H3;2-6,12-14H,7-9H2,1H3;2-6,11-13H,7-8H2,1H3;4*2-5,11-12H,6-7H2,1H3/t15-,16-;12-,13+;11-,12+;3*11-;/m010101./s1. The number of rotatable bonds is 13. The Morgan fingerprint density at radius 3 is 1.28 bits per heavy atom. The van der Waals surface area contributed by atoms with Crippen molar-refractivity contribution in [3.8, 4) is 5.75 Å². The molecule has 7 aliphatic heterocycles. The molecule has 8 aromatic carbocycles. The molecule has 0 amide bonds. The lowest BCUT2D eigenvalue weighted by Gasteiger charge is -2.24. The van der Waals surface area contributed by atoms with Gasteiger partial charge in [-0.2, -0.15) is 0 Å². The lowest BCUT2D eigenvalue weighted by molar-refractivity contribution is -0.120. The van der Waals surface area contributed by atoms with Crippen molar-refractivity contribution in [1.29, 1.82) is 0 Å². The third kappa shape index (κ3) is 23.1. The van der Waals surface area contributed by atoms with Crippen LogP contribution in [-0.2, 0) is 83.7 Å². The third-order valence-electron chi connectivity index (χ3n) is 19.5. The summed E-state index contributed by atoms with van der Waals surface area (Å²) in [5.74, 6) is 2.37. The molecule has 8 aromatic rings. The molecule has 0 spiro atoms. The summed E-state index contributed by atoms with van der Waals surface area (Å²) >= 11 is 0. The first-order valence-electron chi connectivity index (χ1n) is 35.7. The molecule has 0 radical (unpaired) electrons. The first-order valence-corrected chi connectivity index (χ1v) is 35.7. The molecule has 530 valence electrons. The molecule has 3 saturated heterocycles. The summed E-state index contributed by atoms with van der Waals surface area (Å²) < 4.78 is 11.7. The van der Waals surface area contributed by atoms with E-state index in [1.54, 1.807) is 48.5 Å². The van der Waals surface area contributed by atoms with Gasteiger partial charge in [-0.3, -0.25) is 33.6 Å². The van der Waals surface area contributed by atoms with Crippen molar-refractivity contribution in [1.82, 2.24) is 37.2 Å². The van der Waals surface area contributed by atoms with Gasteiger partial charge in [0, 0.05) is 51.7 Å². The molecular formula is C85H101N7O9. The van der Waals surface area contributed by atoms with Crippen LogP contribution in [0.1, 0.15) is 148 Å². The number of ketones is 7. The van der Waals surface area contributed by atoms with Gasteiger partial charge in [-0.25, -0.2) is 0 Å². The van der Waals surface area contributed by atoms with Gasteiger partial charge in [0.2, 0.25) is 0 Å². The molecule has 0 saturated carbocycles. The van der Waals surface area contributed by atoms with E-state index >= 15 is 0 Å². The molecule has 7 heterocycles. The first kappa shape index (κ1) is 76.4. The molecule has 3 fully saturated rings. The molecule has 101 heavy (non-hydrogen) atoms. The number of carbonyl (C=O) groups is 7. The molecular weight excluding hydrogens is 1260 g/mol. The molecule has 0 aliphatic carbocycles. The van der Waals surface area contributed by atoms with Gasteiger partial charge in [-0.05, 0) is 172 Å². The van der Waals surface area contributed by atoms with Crippen LogP contribution in [0, 0.1) is 0 Å². The Balaban J connectivity index is 0.000000138. The van der Waals surface area contributed by atoms with Crippen molar-refractivity contribution in [2.75, 3.05) is 26.2 Å². The van der Waals surface area contributed by atoms with Crippen LogP contribution in [-0.4, -0.2) is 109 Å². The highest BCUT2D eigenvalue weighted by Crippen LogP contribution is 2.29. The molecule has 1 unspecified atom stereocenters. The fourth-order valence-electron chi connectivity index (χ4n) is 13.7. The van der Waals surface area contributed by atoms with Gasteiger partial charge in [-0.1, -0.05) is 188 Å². The van der Waals surface area contributed by atoms with E-state index < -0.39 is 0 Å². The number of nitrogens with one attached hydrogen (secondary N) is 7. The van der Waals surface area contributed by atoms with Crippen molar-refractivity contribution in [2.45, 2.75) is 180 Å². The maximum absolute atomic E-state index is 11.3. The second-order valence-corrected chi connectivity index (χ2v) is 27.1. The molecule has 10 atom stereocenters. The largest absolute Gasteiger partial charge is 0.489 e. The molecule has 0 aromatic heterocycles. The Kier molecular flexibility index (Phi) is 29.4. The predicted molar refractivity (Wildman–Crippen MR) is 400 cm³/mol. The first-order chi connectivity index (χ1) is 48.9. The van der Waals surface area contributed by atoms with Gasteiger partial charge in [-0.15, -0.1) is 0 Å². The van der Waals surface area contributed by atoms with E-state index in [-0.39, 0.29) is 95.0 Å². The minimum absolute atomic E-state index is 0.0132. The molecule has 7 N–H and O–H groups in total. The monoisotopic (exact) mass is 1360 g/mol. The summed E-state index contributed by atoms with van der Waals surface area (Å²) in [4.78, 5) is 78.5. The van der Waals surface area contributed by atoms with Crippen LogP contribution >= 0.6 is 0 Å². The zero-order valence-corrected chi connectivity index (χ0v) is 59.6. The topological polar surface area (TPSA) is 222 Å². The van der Waals surface area contributed by atoms with Crippen LogP contribution in [0.2, 0.25) is 0 Å². The van der Waals surface area contributed by atoms with Crippen molar-refractivity contribution in [2.24, 2.45) is 0 Å². The maximum atomic E-state index is 11.3. The minimum Gasteiger partial charge on any atom is -0.489 e. The number of Topliss-reactive ketones (excluding diaryl/α,β-unsaturated/α-hetero) is 7. The number of carbonyl (C=O) groups excluding carboxylic acids is 7. The molecule has 15 rings (SSSR count).